The molecule has 0 saturated carbocycles. The smallest absolute Gasteiger partial charge is 0.407 e. The van der Waals surface area contributed by atoms with E-state index in [4.69, 9.17) is 28.4 Å². The number of amides is 4. The largest absolute Gasteiger partial charge is 0.497 e. The first-order valence-corrected chi connectivity index (χ1v) is 25.1. The van der Waals surface area contributed by atoms with Crippen molar-refractivity contribution < 1.29 is 47.6 Å². The molecule has 0 radical (unpaired) electrons. The van der Waals surface area contributed by atoms with Crippen LogP contribution in [-0.2, 0) is 19.1 Å². The Morgan fingerprint density at radius 3 is 1.55 bits per heavy atom. The van der Waals surface area contributed by atoms with Gasteiger partial charge in [0.2, 0.25) is 17.6 Å². The average molecular weight is 1010 g/mol. The third kappa shape index (κ3) is 10.0. The minimum atomic E-state index is -0.991. The molecule has 75 heavy (non-hydrogen) atoms. The van der Waals surface area contributed by atoms with Crippen molar-refractivity contribution in [1.82, 2.24) is 10.6 Å². The van der Waals surface area contributed by atoms with E-state index in [-0.39, 0.29) is 37.4 Å². The van der Waals surface area contributed by atoms with Crippen LogP contribution in [0.4, 0.5) is 21.0 Å². The van der Waals surface area contributed by atoms with Crippen LogP contribution in [0, 0.1) is 0 Å². The number of β-lactam (4-membered cyclic amide) rings is 1. The lowest BCUT2D eigenvalue weighted by Gasteiger charge is -2.48. The number of nitrogens with zero attached hydrogens (tertiary/aromatic N) is 1. The fourth-order valence-corrected chi connectivity index (χ4v) is 10.8. The summed E-state index contributed by atoms with van der Waals surface area (Å²) in [6.07, 6.45) is -0.0267. The molecular formula is C61H58N4O10. The van der Waals surface area contributed by atoms with Gasteiger partial charge in [0.05, 0.1) is 46.1 Å². The number of hydrogen-bond acceptors (Lipinski definition) is 10. The molecule has 1 saturated heterocycles. The highest BCUT2D eigenvalue weighted by Gasteiger charge is 2.50. The highest BCUT2D eigenvalue weighted by molar-refractivity contribution is 6.07. The van der Waals surface area contributed by atoms with Crippen molar-refractivity contribution in [2.75, 3.05) is 58.4 Å². The lowest BCUT2D eigenvalue weighted by molar-refractivity contribution is -0.126. The molecule has 1 fully saturated rings. The van der Waals surface area contributed by atoms with Crippen LogP contribution >= 0.6 is 0 Å². The van der Waals surface area contributed by atoms with Crippen LogP contribution in [0.3, 0.4) is 0 Å². The molecule has 3 N–H and O–H groups in total. The number of nitrogens with one attached hydrogen (secondary N) is 3. The maximum absolute atomic E-state index is 14.3. The Kier molecular flexibility index (Phi) is 14.7. The monoisotopic (exact) mass is 1010 g/mol. The van der Waals surface area contributed by atoms with Crippen molar-refractivity contribution in [3.05, 3.63) is 191 Å². The van der Waals surface area contributed by atoms with Gasteiger partial charge in [-0.05, 0) is 99.2 Å². The molecule has 14 nitrogen and oxygen atoms in total. The molecule has 4 amide bonds. The molecule has 0 aromatic heterocycles. The summed E-state index contributed by atoms with van der Waals surface area (Å²) in [4.78, 5) is 56.9. The average Bonchev–Trinajstić information content (AvgIpc) is 3.95. The Hall–Kier alpha value is -8.78. The number of methoxy groups -OCH3 is 4. The first-order valence-electron chi connectivity index (χ1n) is 25.1. The summed E-state index contributed by atoms with van der Waals surface area (Å²) < 4.78 is 33.9. The second kappa shape index (κ2) is 22.1. The van der Waals surface area contributed by atoms with Crippen molar-refractivity contribution in [1.29, 1.82) is 0 Å². The van der Waals surface area contributed by atoms with E-state index in [1.807, 2.05) is 97.1 Å². The van der Waals surface area contributed by atoms with E-state index < -0.39 is 36.1 Å². The zero-order valence-corrected chi connectivity index (χ0v) is 42.2. The van der Waals surface area contributed by atoms with Gasteiger partial charge in [-0.1, -0.05) is 121 Å². The summed E-state index contributed by atoms with van der Waals surface area (Å²) in [5.41, 5.74) is 11.5. The maximum Gasteiger partial charge on any atom is 0.407 e. The summed E-state index contributed by atoms with van der Waals surface area (Å²) in [7, 11) is 6.18. The predicted molar refractivity (Wildman–Crippen MR) is 286 cm³/mol. The number of carbonyl (C=O) groups is 4. The van der Waals surface area contributed by atoms with Gasteiger partial charge in [-0.25, -0.2) is 9.59 Å². The molecule has 0 spiro atoms. The minimum absolute atomic E-state index is 0.0646. The van der Waals surface area contributed by atoms with Crippen LogP contribution in [0.15, 0.2) is 158 Å². The van der Waals surface area contributed by atoms with Gasteiger partial charge in [-0.3, -0.25) is 9.59 Å². The van der Waals surface area contributed by atoms with Crippen LogP contribution in [0.1, 0.15) is 76.4 Å². The van der Waals surface area contributed by atoms with Crippen LogP contribution < -0.4 is 39.8 Å². The van der Waals surface area contributed by atoms with Gasteiger partial charge in [-0.2, -0.15) is 0 Å². The van der Waals surface area contributed by atoms with Crippen LogP contribution in [0.25, 0.3) is 22.3 Å². The Bertz CT molecular complexity index is 3120. The van der Waals surface area contributed by atoms with E-state index in [1.165, 1.54) is 21.3 Å². The number of anilines is 2. The van der Waals surface area contributed by atoms with E-state index in [1.54, 1.807) is 36.3 Å². The molecule has 382 valence electrons. The van der Waals surface area contributed by atoms with Crippen molar-refractivity contribution >= 4 is 35.4 Å². The maximum atomic E-state index is 14.3. The molecule has 2 aliphatic carbocycles. The van der Waals surface area contributed by atoms with Crippen LogP contribution in [0.5, 0.6) is 23.0 Å². The highest BCUT2D eigenvalue weighted by Crippen LogP contribution is 2.52. The number of hydrogen-bond donors (Lipinski definition) is 3. The molecule has 14 heteroatoms. The zero-order chi connectivity index (χ0) is 52.0. The first kappa shape index (κ1) is 49.8. The molecule has 3 aliphatic rings. The second-order valence-electron chi connectivity index (χ2n) is 18.7. The third-order valence-corrected chi connectivity index (χ3v) is 14.5. The van der Waals surface area contributed by atoms with Gasteiger partial charge in [0.25, 0.3) is 0 Å². The fourth-order valence-electron chi connectivity index (χ4n) is 10.8. The summed E-state index contributed by atoms with van der Waals surface area (Å²) in [5, 5.41) is 8.67. The quantitative estimate of drug-likeness (QED) is 0.0525. The number of carbonyl (C=O) groups excluding carboxylic acids is 4. The summed E-state index contributed by atoms with van der Waals surface area (Å²) in [6.45, 7) is 0.570. The van der Waals surface area contributed by atoms with Crippen LogP contribution in [-0.4, -0.2) is 78.2 Å². The molecule has 1 heterocycles. The molecular weight excluding hydrogens is 949 g/mol. The number of unbranched alkanes of at least 4 members (excludes halogenated alkanes) is 1. The van der Waals surface area contributed by atoms with Gasteiger partial charge < -0.3 is 49.3 Å². The Morgan fingerprint density at radius 2 is 1.05 bits per heavy atom. The first-order chi connectivity index (χ1) is 36.7. The van der Waals surface area contributed by atoms with Gasteiger partial charge in [0.1, 0.15) is 25.0 Å². The number of alkyl carbamates (subject to hydrolysis) is 2. The molecule has 7 aromatic carbocycles. The van der Waals surface area contributed by atoms with Crippen molar-refractivity contribution in [2.24, 2.45) is 0 Å². The lowest BCUT2D eigenvalue weighted by atomic mass is 9.77. The number of rotatable bonds is 19. The fraction of sp³-hybridized carbons (Fsp3) is 0.246. The van der Waals surface area contributed by atoms with Crippen molar-refractivity contribution in [2.45, 2.75) is 49.1 Å². The van der Waals surface area contributed by atoms with E-state index in [0.29, 0.717) is 53.8 Å². The Balaban J connectivity index is 0.810. The Labute approximate surface area is 435 Å². The number of fused-ring (bicyclic) bond motifs is 6. The van der Waals surface area contributed by atoms with E-state index >= 15 is 0 Å². The van der Waals surface area contributed by atoms with E-state index in [9.17, 15) is 19.2 Å². The molecule has 3 atom stereocenters. The van der Waals surface area contributed by atoms with Gasteiger partial charge in [-0.15, -0.1) is 0 Å². The molecule has 7 aromatic rings. The number of benzene rings is 7. The predicted octanol–water partition coefficient (Wildman–Crippen LogP) is 11.1. The summed E-state index contributed by atoms with van der Waals surface area (Å²) in [5.74, 6) is 0.494. The summed E-state index contributed by atoms with van der Waals surface area (Å²) >= 11 is 0. The van der Waals surface area contributed by atoms with Crippen molar-refractivity contribution in [3.63, 3.8) is 0 Å². The van der Waals surface area contributed by atoms with Crippen LogP contribution in [0.2, 0.25) is 0 Å². The molecule has 1 aliphatic heterocycles. The lowest BCUT2D eigenvalue weighted by Crippen LogP contribution is -2.53. The minimum Gasteiger partial charge on any atom is -0.497 e. The SMILES string of the molecule is COc1ccc([C@H]2[C@H](c3ccc(NC(=O)[C@H](CCCCNC(=O)OCC4c5ccccc5-c5ccccc54)NC(=O)OCC4c5ccccc5-c5ccccc54)cc3)C(=O)N2c2cc(OC)c(OC)c(OC)c2)cc1. The van der Waals surface area contributed by atoms with Crippen molar-refractivity contribution in [3.8, 4) is 45.3 Å². The summed E-state index contributed by atoms with van der Waals surface area (Å²) in [6, 6.07) is 49.3. The topological polar surface area (TPSA) is 163 Å². The Morgan fingerprint density at radius 1 is 0.560 bits per heavy atom. The molecule has 0 unspecified atom stereocenters. The van der Waals surface area contributed by atoms with Gasteiger partial charge in [0.15, 0.2) is 11.5 Å². The third-order valence-electron chi connectivity index (χ3n) is 14.5. The zero-order valence-electron chi connectivity index (χ0n) is 42.2. The van der Waals surface area contributed by atoms with E-state index in [0.717, 1.165) is 55.6 Å². The molecule has 0 bridgehead atoms. The number of ether oxygens (including phenoxy) is 6. The second-order valence-corrected chi connectivity index (χ2v) is 18.7. The standard InChI is InChI=1S/C61H58N4O10/c1-70-41-30-26-38(27-31-41)56-55(59(67)65(56)40-33-53(71-2)57(73-4)54(34-40)72-3)37-24-28-39(29-25-37)63-58(66)52(64-61(69)75-36-51-48-21-11-7-17-44(48)45-18-8-12-22-49(45)51)23-13-14-32-62-60(68)74-35-50-46-19-9-5-15-42(46)43-16-6-10-20-47(43)50/h5-12,15-22,24-31,33-34,50-52,55-56H,13-14,23,32,35-36H2,1-4H3,(H,62,68)(H,63,66)(H,64,69)/t52-,55-,56-/m0/s1. The molecule has 10 rings (SSSR count). The van der Waals surface area contributed by atoms with E-state index in [2.05, 4.69) is 52.3 Å². The van der Waals surface area contributed by atoms with Gasteiger partial charge >= 0.3 is 12.2 Å². The normalized spacial score (nSPS) is 15.5. The highest BCUT2D eigenvalue weighted by atomic mass is 16.6. The van der Waals surface area contributed by atoms with Gasteiger partial charge in [0, 0.05) is 36.2 Å².